The zero-order valence-electron chi connectivity index (χ0n) is 11.5. The molecule has 1 heterocycles. The van der Waals surface area contributed by atoms with Crippen molar-refractivity contribution in [2.75, 3.05) is 6.61 Å². The first-order valence-electron chi connectivity index (χ1n) is 7.21. The number of hydrogen-bond donors (Lipinski definition) is 1. The van der Waals surface area contributed by atoms with Crippen LogP contribution in [0.5, 0.6) is 0 Å². The molecule has 0 aromatic heterocycles. The van der Waals surface area contributed by atoms with Crippen molar-refractivity contribution in [3.8, 4) is 0 Å². The van der Waals surface area contributed by atoms with Gasteiger partial charge >= 0.3 is 0 Å². The lowest BCUT2D eigenvalue weighted by molar-refractivity contribution is -0.151. The van der Waals surface area contributed by atoms with Gasteiger partial charge in [0.05, 0.1) is 5.60 Å². The summed E-state index contributed by atoms with van der Waals surface area (Å²) in [7, 11) is 0. The van der Waals surface area contributed by atoms with Crippen LogP contribution in [0.3, 0.4) is 0 Å². The van der Waals surface area contributed by atoms with Gasteiger partial charge in [-0.2, -0.15) is 0 Å². The van der Waals surface area contributed by atoms with Gasteiger partial charge in [0.25, 0.3) is 0 Å². The van der Waals surface area contributed by atoms with Crippen molar-refractivity contribution in [3.63, 3.8) is 0 Å². The third-order valence-corrected chi connectivity index (χ3v) is 5.07. The fraction of sp³-hybridized carbons (Fsp3) is 0.625. The smallest absolute Gasteiger partial charge is 0.123 e. The Morgan fingerprint density at radius 2 is 2.00 bits per heavy atom. The number of halogens is 1. The van der Waals surface area contributed by atoms with Gasteiger partial charge in [-0.25, -0.2) is 4.39 Å². The van der Waals surface area contributed by atoms with Crippen LogP contribution in [-0.2, 0) is 10.3 Å². The average molecular weight is 263 g/mol. The second kappa shape index (κ2) is 4.57. The van der Waals surface area contributed by atoms with Crippen molar-refractivity contribution in [2.45, 2.75) is 50.2 Å². The minimum Gasteiger partial charge on any atom is -0.375 e. The maximum Gasteiger partial charge on any atom is 0.123 e. The SMILES string of the molecule is CC(N)(c1ccc(F)cc1)C1CCOC2(CCC2)C1. The van der Waals surface area contributed by atoms with Crippen molar-refractivity contribution in [3.05, 3.63) is 35.6 Å². The summed E-state index contributed by atoms with van der Waals surface area (Å²) in [5.74, 6) is 0.203. The average Bonchev–Trinajstić information content (AvgIpc) is 2.37. The van der Waals surface area contributed by atoms with Crippen molar-refractivity contribution in [1.29, 1.82) is 0 Å². The number of benzene rings is 1. The van der Waals surface area contributed by atoms with Gasteiger partial charge in [0.2, 0.25) is 0 Å². The van der Waals surface area contributed by atoms with Gasteiger partial charge in [0, 0.05) is 12.1 Å². The number of ether oxygens (including phenoxy) is 1. The number of nitrogens with two attached hydrogens (primary N) is 1. The molecule has 0 bridgehead atoms. The summed E-state index contributed by atoms with van der Waals surface area (Å²) in [6.07, 6.45) is 5.64. The monoisotopic (exact) mass is 263 g/mol. The van der Waals surface area contributed by atoms with Crippen LogP contribution in [0, 0.1) is 11.7 Å². The van der Waals surface area contributed by atoms with Gasteiger partial charge in [0.1, 0.15) is 5.82 Å². The third kappa shape index (κ3) is 2.30. The molecule has 1 aromatic carbocycles. The van der Waals surface area contributed by atoms with Crippen LogP contribution in [0.2, 0.25) is 0 Å². The highest BCUT2D eigenvalue weighted by Gasteiger charge is 2.46. The predicted octanol–water partition coefficient (Wildman–Crippen LogP) is 3.35. The van der Waals surface area contributed by atoms with E-state index in [1.54, 1.807) is 0 Å². The highest BCUT2D eigenvalue weighted by atomic mass is 19.1. The van der Waals surface area contributed by atoms with Gasteiger partial charge in [-0.15, -0.1) is 0 Å². The molecule has 0 radical (unpaired) electrons. The molecule has 2 nitrogen and oxygen atoms in total. The van der Waals surface area contributed by atoms with E-state index in [0.29, 0.717) is 5.92 Å². The van der Waals surface area contributed by atoms with Crippen LogP contribution >= 0.6 is 0 Å². The minimum absolute atomic E-state index is 0.101. The molecule has 1 saturated carbocycles. The zero-order valence-corrected chi connectivity index (χ0v) is 11.5. The van der Waals surface area contributed by atoms with Crippen molar-refractivity contribution in [2.24, 2.45) is 11.7 Å². The van der Waals surface area contributed by atoms with Crippen LogP contribution in [0.4, 0.5) is 4.39 Å². The second-order valence-electron chi connectivity index (χ2n) is 6.36. The Bertz CT molecular complexity index is 450. The van der Waals surface area contributed by atoms with E-state index in [2.05, 4.69) is 6.92 Å². The Labute approximate surface area is 114 Å². The van der Waals surface area contributed by atoms with Gasteiger partial charge in [-0.05, 0) is 62.6 Å². The van der Waals surface area contributed by atoms with Crippen molar-refractivity contribution >= 4 is 0 Å². The third-order valence-electron chi connectivity index (χ3n) is 5.07. The molecule has 19 heavy (non-hydrogen) atoms. The summed E-state index contributed by atoms with van der Waals surface area (Å²) in [5.41, 5.74) is 7.31. The van der Waals surface area contributed by atoms with Crippen molar-refractivity contribution < 1.29 is 9.13 Å². The van der Waals surface area contributed by atoms with Crippen LogP contribution in [0.25, 0.3) is 0 Å². The molecule has 1 aliphatic carbocycles. The topological polar surface area (TPSA) is 35.2 Å². The van der Waals surface area contributed by atoms with E-state index in [1.165, 1.54) is 31.4 Å². The fourth-order valence-electron chi connectivity index (χ4n) is 3.50. The lowest BCUT2D eigenvalue weighted by Crippen LogP contribution is -2.52. The fourth-order valence-corrected chi connectivity index (χ4v) is 3.50. The molecule has 2 fully saturated rings. The van der Waals surface area contributed by atoms with Gasteiger partial charge < -0.3 is 10.5 Å². The molecular weight excluding hydrogens is 241 g/mol. The van der Waals surface area contributed by atoms with Crippen molar-refractivity contribution in [1.82, 2.24) is 0 Å². The minimum atomic E-state index is -0.403. The molecule has 2 aliphatic rings. The molecular formula is C16H22FNO. The molecule has 3 heteroatoms. The maximum atomic E-state index is 13.0. The van der Waals surface area contributed by atoms with E-state index in [1.807, 2.05) is 12.1 Å². The normalized spacial score (nSPS) is 28.7. The first-order chi connectivity index (χ1) is 9.02. The molecule has 1 aromatic rings. The molecule has 2 unspecified atom stereocenters. The van der Waals surface area contributed by atoms with E-state index in [0.717, 1.165) is 25.0 Å². The summed E-state index contributed by atoms with van der Waals surface area (Å²) < 4.78 is 19.0. The predicted molar refractivity (Wildman–Crippen MR) is 73.2 cm³/mol. The Kier molecular flexibility index (Phi) is 3.14. The Balaban J connectivity index is 1.81. The summed E-state index contributed by atoms with van der Waals surface area (Å²) in [4.78, 5) is 0. The quantitative estimate of drug-likeness (QED) is 0.888. The largest absolute Gasteiger partial charge is 0.375 e. The van der Waals surface area contributed by atoms with Crippen LogP contribution in [-0.4, -0.2) is 12.2 Å². The van der Waals surface area contributed by atoms with E-state index in [-0.39, 0.29) is 11.4 Å². The highest BCUT2D eigenvalue weighted by molar-refractivity contribution is 5.25. The van der Waals surface area contributed by atoms with E-state index in [4.69, 9.17) is 10.5 Å². The summed E-state index contributed by atoms with van der Waals surface area (Å²) in [5, 5.41) is 0. The summed E-state index contributed by atoms with van der Waals surface area (Å²) in [6.45, 7) is 2.88. The second-order valence-corrected chi connectivity index (χ2v) is 6.36. The molecule has 1 aliphatic heterocycles. The molecule has 1 saturated heterocycles. The maximum absolute atomic E-state index is 13.0. The Hall–Kier alpha value is -0.930. The van der Waals surface area contributed by atoms with E-state index < -0.39 is 5.54 Å². The summed E-state index contributed by atoms with van der Waals surface area (Å²) in [6, 6.07) is 6.63. The molecule has 0 amide bonds. The number of hydrogen-bond acceptors (Lipinski definition) is 2. The first-order valence-corrected chi connectivity index (χ1v) is 7.21. The van der Waals surface area contributed by atoms with Crippen LogP contribution in [0.1, 0.15) is 44.6 Å². The van der Waals surface area contributed by atoms with Crippen LogP contribution in [0.15, 0.2) is 24.3 Å². The van der Waals surface area contributed by atoms with E-state index in [9.17, 15) is 4.39 Å². The lowest BCUT2D eigenvalue weighted by atomic mass is 9.66. The zero-order chi connectivity index (χ0) is 13.5. The number of rotatable bonds is 2. The van der Waals surface area contributed by atoms with Crippen LogP contribution < -0.4 is 5.73 Å². The first kappa shape index (κ1) is 13.1. The molecule has 1 spiro atoms. The molecule has 3 rings (SSSR count). The Morgan fingerprint density at radius 1 is 1.32 bits per heavy atom. The van der Waals surface area contributed by atoms with E-state index >= 15 is 0 Å². The van der Waals surface area contributed by atoms with Gasteiger partial charge in [-0.3, -0.25) is 0 Å². The lowest BCUT2D eigenvalue weighted by Gasteiger charge is -2.50. The highest BCUT2D eigenvalue weighted by Crippen LogP contribution is 2.48. The standard InChI is InChI=1S/C16H22FNO/c1-15(18,12-3-5-14(17)6-4-12)13-7-10-19-16(11-13)8-2-9-16/h3-6,13H,2,7-11,18H2,1H3. The Morgan fingerprint density at radius 3 is 2.58 bits per heavy atom. The van der Waals surface area contributed by atoms with Gasteiger partial charge in [-0.1, -0.05) is 12.1 Å². The van der Waals surface area contributed by atoms with Gasteiger partial charge in [0.15, 0.2) is 0 Å². The molecule has 2 atom stereocenters. The summed E-state index contributed by atoms with van der Waals surface area (Å²) >= 11 is 0. The molecule has 2 N–H and O–H groups in total. The molecule has 104 valence electrons.